The van der Waals surface area contributed by atoms with Crippen LogP contribution in [0.1, 0.15) is 18.5 Å². The Hall–Kier alpha value is -1.96. The van der Waals surface area contributed by atoms with Crippen LogP contribution in [0.2, 0.25) is 0 Å². The van der Waals surface area contributed by atoms with Crippen LogP contribution in [0.5, 0.6) is 0 Å². The molecule has 0 aliphatic heterocycles. The second-order valence-electron chi connectivity index (χ2n) is 3.18. The molecule has 2 N–H and O–H groups in total. The maximum atomic E-state index is 10.8. The van der Waals surface area contributed by atoms with E-state index in [-0.39, 0.29) is 24.7 Å². The number of aromatic nitrogens is 1. The molecule has 1 heterocycles. The summed E-state index contributed by atoms with van der Waals surface area (Å²) in [5.74, 6) is -0.314. The Morgan fingerprint density at radius 1 is 1.67 bits per heavy atom. The first-order valence-electron chi connectivity index (χ1n) is 5.10. The molecule has 1 aromatic heterocycles. The Labute approximate surface area is 108 Å². The zero-order valence-electron chi connectivity index (χ0n) is 9.79. The molecule has 0 spiro atoms. The Morgan fingerprint density at radius 2 is 2.44 bits per heavy atom. The van der Waals surface area contributed by atoms with Crippen molar-refractivity contribution >= 4 is 34.4 Å². The van der Waals surface area contributed by atoms with E-state index in [9.17, 15) is 9.59 Å². The lowest BCUT2D eigenvalue weighted by molar-refractivity contribution is -0.141. The number of carbonyl (C=O) groups is 2. The van der Waals surface area contributed by atoms with Crippen molar-refractivity contribution in [1.29, 1.82) is 0 Å². The molecule has 0 unspecified atom stereocenters. The number of oxime groups is 1. The minimum Gasteiger partial charge on any atom is -0.469 e. The highest BCUT2D eigenvalue weighted by Gasteiger charge is 2.07. The number of esters is 1. The summed E-state index contributed by atoms with van der Waals surface area (Å²) in [6.45, 7) is 0.214. The minimum atomic E-state index is -0.314. The van der Waals surface area contributed by atoms with Gasteiger partial charge in [0, 0.05) is 11.8 Å². The van der Waals surface area contributed by atoms with Crippen LogP contribution in [0.4, 0.5) is 5.13 Å². The molecule has 0 bridgehead atoms. The summed E-state index contributed by atoms with van der Waals surface area (Å²) in [6.07, 6.45) is 1.24. The molecule has 0 amide bonds. The van der Waals surface area contributed by atoms with Gasteiger partial charge in [0.1, 0.15) is 12.3 Å². The maximum absolute atomic E-state index is 10.8. The Bertz CT molecular complexity index is 444. The number of thiazole rings is 1. The van der Waals surface area contributed by atoms with Gasteiger partial charge in [0.05, 0.1) is 7.11 Å². The van der Waals surface area contributed by atoms with Crippen molar-refractivity contribution in [2.75, 3.05) is 19.5 Å². The molecule has 7 nitrogen and oxygen atoms in total. The van der Waals surface area contributed by atoms with E-state index in [1.807, 2.05) is 0 Å². The van der Waals surface area contributed by atoms with E-state index in [4.69, 9.17) is 10.6 Å². The van der Waals surface area contributed by atoms with Crippen LogP contribution in [-0.2, 0) is 19.2 Å². The van der Waals surface area contributed by atoms with Gasteiger partial charge in [0.2, 0.25) is 0 Å². The number of hydrogen-bond donors (Lipinski definition) is 1. The fourth-order valence-corrected chi connectivity index (χ4v) is 1.59. The quantitative estimate of drug-likeness (QED) is 0.256. The standard InChI is InChI=1S/C10H13N3O4S/c1-16-9(15)3-2-4-17-13-7(5-14)8-6-18-10(11)12-8/h5-6H,2-4H2,1H3,(H2,11,12). The molecule has 0 saturated heterocycles. The number of ether oxygens (including phenoxy) is 1. The normalized spacial score (nSPS) is 11.1. The number of nitrogens with two attached hydrogens (primary N) is 1. The first-order valence-corrected chi connectivity index (χ1v) is 5.98. The van der Waals surface area contributed by atoms with Gasteiger partial charge in [-0.2, -0.15) is 0 Å². The average molecular weight is 271 g/mol. The third kappa shape index (κ3) is 4.50. The highest BCUT2D eigenvalue weighted by molar-refractivity contribution is 7.13. The van der Waals surface area contributed by atoms with Gasteiger partial charge >= 0.3 is 5.97 Å². The largest absolute Gasteiger partial charge is 0.469 e. The van der Waals surface area contributed by atoms with Crippen molar-refractivity contribution in [2.24, 2.45) is 5.16 Å². The molecule has 1 rings (SSSR count). The van der Waals surface area contributed by atoms with E-state index >= 15 is 0 Å². The number of anilines is 1. The number of carbonyl (C=O) groups excluding carboxylic acids is 2. The summed E-state index contributed by atoms with van der Waals surface area (Å²) in [4.78, 5) is 30.4. The van der Waals surface area contributed by atoms with Crippen LogP contribution >= 0.6 is 11.3 Å². The average Bonchev–Trinajstić information content (AvgIpc) is 2.80. The molecule has 0 atom stereocenters. The fourth-order valence-electron chi connectivity index (χ4n) is 1.03. The number of hydrogen-bond acceptors (Lipinski definition) is 8. The third-order valence-corrected chi connectivity index (χ3v) is 2.58. The van der Waals surface area contributed by atoms with Crippen LogP contribution in [0.15, 0.2) is 10.5 Å². The summed E-state index contributed by atoms with van der Waals surface area (Å²) in [7, 11) is 1.32. The number of methoxy groups -OCH3 is 1. The van der Waals surface area contributed by atoms with Gasteiger partial charge in [-0.1, -0.05) is 5.16 Å². The molecule has 0 aliphatic rings. The highest BCUT2D eigenvalue weighted by Crippen LogP contribution is 2.11. The second kappa shape index (κ2) is 7.38. The van der Waals surface area contributed by atoms with Crippen molar-refractivity contribution in [1.82, 2.24) is 4.98 Å². The highest BCUT2D eigenvalue weighted by atomic mass is 32.1. The van der Waals surface area contributed by atoms with Crippen molar-refractivity contribution in [3.8, 4) is 0 Å². The van der Waals surface area contributed by atoms with Crippen LogP contribution in [0.25, 0.3) is 0 Å². The predicted molar refractivity (Wildman–Crippen MR) is 66.3 cm³/mol. The first kappa shape index (κ1) is 14.1. The van der Waals surface area contributed by atoms with Crippen LogP contribution in [0.3, 0.4) is 0 Å². The zero-order valence-corrected chi connectivity index (χ0v) is 10.6. The molecular formula is C10H13N3O4S. The smallest absolute Gasteiger partial charge is 0.305 e. The molecule has 1 aromatic rings. The predicted octanol–water partition coefficient (Wildman–Crippen LogP) is 0.598. The van der Waals surface area contributed by atoms with Gasteiger partial charge in [-0.15, -0.1) is 11.3 Å². The van der Waals surface area contributed by atoms with E-state index in [0.717, 1.165) is 0 Å². The molecule has 8 heteroatoms. The van der Waals surface area contributed by atoms with Gasteiger partial charge in [-0.05, 0) is 6.42 Å². The molecule has 0 aliphatic carbocycles. The molecule has 0 radical (unpaired) electrons. The Balaban J connectivity index is 2.40. The Kier molecular flexibility index (Phi) is 5.78. The van der Waals surface area contributed by atoms with Gasteiger partial charge in [0.15, 0.2) is 17.1 Å². The second-order valence-corrected chi connectivity index (χ2v) is 4.07. The van der Waals surface area contributed by atoms with Crippen LogP contribution in [-0.4, -0.2) is 36.7 Å². The van der Waals surface area contributed by atoms with E-state index in [2.05, 4.69) is 14.9 Å². The monoisotopic (exact) mass is 271 g/mol. The van der Waals surface area contributed by atoms with Gasteiger partial charge in [-0.3, -0.25) is 9.59 Å². The van der Waals surface area contributed by atoms with E-state index in [1.165, 1.54) is 18.4 Å². The van der Waals surface area contributed by atoms with Crippen molar-refractivity contribution in [3.63, 3.8) is 0 Å². The van der Waals surface area contributed by atoms with Crippen LogP contribution in [0, 0.1) is 0 Å². The fraction of sp³-hybridized carbons (Fsp3) is 0.400. The van der Waals surface area contributed by atoms with E-state index in [0.29, 0.717) is 23.5 Å². The van der Waals surface area contributed by atoms with Crippen molar-refractivity contribution in [2.45, 2.75) is 12.8 Å². The van der Waals surface area contributed by atoms with Crippen molar-refractivity contribution < 1.29 is 19.2 Å². The van der Waals surface area contributed by atoms with Gasteiger partial charge in [-0.25, -0.2) is 4.98 Å². The minimum absolute atomic E-state index is 0.0704. The van der Waals surface area contributed by atoms with Crippen molar-refractivity contribution in [3.05, 3.63) is 11.1 Å². The molecule has 18 heavy (non-hydrogen) atoms. The molecule has 0 fully saturated rings. The maximum Gasteiger partial charge on any atom is 0.305 e. The van der Waals surface area contributed by atoms with Gasteiger partial charge < -0.3 is 15.3 Å². The lowest BCUT2D eigenvalue weighted by Crippen LogP contribution is -2.06. The summed E-state index contributed by atoms with van der Waals surface area (Å²) in [6, 6.07) is 0. The summed E-state index contributed by atoms with van der Waals surface area (Å²) in [5, 5.41) is 5.60. The molecule has 0 saturated carbocycles. The number of nitrogens with zero attached hydrogens (tertiary/aromatic N) is 2. The summed E-state index contributed by atoms with van der Waals surface area (Å²) >= 11 is 1.21. The summed E-state index contributed by atoms with van der Waals surface area (Å²) in [5.41, 5.74) is 5.89. The Morgan fingerprint density at radius 3 is 3.00 bits per heavy atom. The zero-order chi connectivity index (χ0) is 13.4. The number of aldehydes is 1. The SMILES string of the molecule is COC(=O)CCCON=C(C=O)c1csc(N)n1. The lowest BCUT2D eigenvalue weighted by Gasteiger charge is -1.99. The first-order chi connectivity index (χ1) is 8.67. The topological polar surface area (TPSA) is 104 Å². The number of nitrogen functional groups attached to an aromatic ring is 1. The van der Waals surface area contributed by atoms with E-state index < -0.39 is 0 Å². The van der Waals surface area contributed by atoms with E-state index in [1.54, 1.807) is 5.38 Å². The lowest BCUT2D eigenvalue weighted by atomic mass is 10.3. The third-order valence-electron chi connectivity index (χ3n) is 1.90. The van der Waals surface area contributed by atoms with Gasteiger partial charge in [0.25, 0.3) is 0 Å². The van der Waals surface area contributed by atoms with Crippen LogP contribution < -0.4 is 5.73 Å². The molecular weight excluding hydrogens is 258 g/mol. The summed E-state index contributed by atoms with van der Waals surface area (Å²) < 4.78 is 4.46. The molecule has 0 aromatic carbocycles. The molecule has 98 valence electrons. The number of rotatable bonds is 7.